The second-order valence-corrected chi connectivity index (χ2v) is 9.57. The summed E-state index contributed by atoms with van der Waals surface area (Å²) in [7, 11) is 1.68. The molecule has 0 saturated carbocycles. The van der Waals surface area contributed by atoms with Crippen LogP contribution in [-0.4, -0.2) is 43.6 Å². The summed E-state index contributed by atoms with van der Waals surface area (Å²) >= 11 is 0. The van der Waals surface area contributed by atoms with Crippen LogP contribution in [0.25, 0.3) is 0 Å². The van der Waals surface area contributed by atoms with E-state index in [1.165, 1.54) is 17.7 Å². The van der Waals surface area contributed by atoms with Crippen molar-refractivity contribution < 1.29 is 13.9 Å². The summed E-state index contributed by atoms with van der Waals surface area (Å²) in [5.41, 5.74) is 4.52. The standard InChI is InChI=1S/C29H32FN3O2/c1-20(22-6-4-3-5-7-22)31-29(34)26-16-23-10-13-25(35-2)17-27(23)33-15-14-32(19-28(26)33)18-21-8-11-24(30)12-9-21/h3-13,17,20,26,28H,14-16,18-19H2,1-2H3,(H,31,34)/t20-,26-,28-/m1/s1. The highest BCUT2D eigenvalue weighted by Crippen LogP contribution is 2.38. The number of benzene rings is 3. The number of hydrogen-bond acceptors (Lipinski definition) is 4. The van der Waals surface area contributed by atoms with Gasteiger partial charge in [-0.3, -0.25) is 9.69 Å². The van der Waals surface area contributed by atoms with Crippen molar-refractivity contribution in [1.82, 2.24) is 10.2 Å². The zero-order valence-corrected chi connectivity index (χ0v) is 20.3. The Balaban J connectivity index is 1.39. The molecular formula is C29H32FN3O2. The highest BCUT2D eigenvalue weighted by molar-refractivity contribution is 5.82. The van der Waals surface area contributed by atoms with Crippen molar-refractivity contribution in [3.05, 3.63) is 95.3 Å². The first kappa shape index (κ1) is 23.4. The van der Waals surface area contributed by atoms with Crippen molar-refractivity contribution in [3.8, 4) is 5.75 Å². The first-order valence-electron chi connectivity index (χ1n) is 12.3. The Bertz CT molecular complexity index is 1170. The summed E-state index contributed by atoms with van der Waals surface area (Å²) in [5, 5.41) is 3.27. The first-order valence-corrected chi connectivity index (χ1v) is 12.3. The van der Waals surface area contributed by atoms with E-state index in [1.54, 1.807) is 7.11 Å². The minimum atomic E-state index is -0.222. The summed E-state index contributed by atoms with van der Waals surface area (Å²) < 4.78 is 18.9. The number of nitrogens with one attached hydrogen (secondary N) is 1. The number of piperazine rings is 1. The minimum Gasteiger partial charge on any atom is -0.497 e. The lowest BCUT2D eigenvalue weighted by Gasteiger charge is -2.49. The molecule has 3 aromatic rings. The zero-order valence-electron chi connectivity index (χ0n) is 20.3. The summed E-state index contributed by atoms with van der Waals surface area (Å²) in [6.07, 6.45) is 0.693. The molecule has 35 heavy (non-hydrogen) atoms. The molecule has 3 atom stereocenters. The topological polar surface area (TPSA) is 44.8 Å². The van der Waals surface area contributed by atoms with E-state index < -0.39 is 0 Å². The number of rotatable bonds is 6. The van der Waals surface area contributed by atoms with Crippen LogP contribution in [0.15, 0.2) is 72.8 Å². The molecule has 3 aromatic carbocycles. The van der Waals surface area contributed by atoms with Crippen LogP contribution in [0.2, 0.25) is 0 Å². The van der Waals surface area contributed by atoms with Crippen molar-refractivity contribution in [2.24, 2.45) is 5.92 Å². The summed E-state index contributed by atoms with van der Waals surface area (Å²) in [4.78, 5) is 18.4. The molecule has 2 aliphatic heterocycles. The van der Waals surface area contributed by atoms with Gasteiger partial charge in [-0.15, -0.1) is 0 Å². The van der Waals surface area contributed by atoms with Crippen LogP contribution < -0.4 is 15.0 Å². The SMILES string of the molecule is COc1ccc2c(c1)N1CCN(Cc3ccc(F)cc3)C[C@@H]1[C@H](C(=O)N[C@H](C)c1ccccc1)C2. The van der Waals surface area contributed by atoms with Gasteiger partial charge in [0, 0.05) is 37.9 Å². The number of carbonyl (C=O) groups excluding carboxylic acids is 1. The van der Waals surface area contributed by atoms with Gasteiger partial charge in [0.2, 0.25) is 5.91 Å². The van der Waals surface area contributed by atoms with E-state index in [9.17, 15) is 9.18 Å². The first-order chi connectivity index (χ1) is 17.0. The molecule has 0 aliphatic carbocycles. The normalized spacial score (nSPS) is 20.5. The van der Waals surface area contributed by atoms with Crippen LogP contribution in [0, 0.1) is 11.7 Å². The third kappa shape index (κ3) is 5.03. The average Bonchev–Trinajstić information content (AvgIpc) is 2.89. The summed E-state index contributed by atoms with van der Waals surface area (Å²) in [6, 6.07) is 22.9. The zero-order chi connectivity index (χ0) is 24.4. The second kappa shape index (κ2) is 10.1. The number of methoxy groups -OCH3 is 1. The van der Waals surface area contributed by atoms with Gasteiger partial charge in [0.05, 0.1) is 25.1 Å². The molecule has 0 spiro atoms. The third-order valence-corrected chi connectivity index (χ3v) is 7.32. The fraction of sp³-hybridized carbons (Fsp3) is 0.345. The van der Waals surface area contributed by atoms with Crippen LogP contribution in [0.5, 0.6) is 5.75 Å². The number of ether oxygens (including phenoxy) is 1. The van der Waals surface area contributed by atoms with E-state index in [0.717, 1.165) is 48.7 Å². The summed E-state index contributed by atoms with van der Waals surface area (Å²) in [5.74, 6) is 0.525. The average molecular weight is 474 g/mol. The Kier molecular flexibility index (Phi) is 6.73. The van der Waals surface area contributed by atoms with E-state index in [-0.39, 0.29) is 29.7 Å². The smallest absolute Gasteiger partial charge is 0.226 e. The van der Waals surface area contributed by atoms with E-state index in [4.69, 9.17) is 4.74 Å². The lowest BCUT2D eigenvalue weighted by Crippen LogP contribution is -2.61. The minimum absolute atomic E-state index is 0.0479. The van der Waals surface area contributed by atoms with Gasteiger partial charge in [0.25, 0.3) is 0 Å². The lowest BCUT2D eigenvalue weighted by molar-refractivity contribution is -0.126. The van der Waals surface area contributed by atoms with Crippen LogP contribution in [0.3, 0.4) is 0 Å². The van der Waals surface area contributed by atoms with Gasteiger partial charge in [-0.1, -0.05) is 48.5 Å². The predicted octanol–water partition coefficient (Wildman–Crippen LogP) is 4.57. The highest BCUT2D eigenvalue weighted by atomic mass is 19.1. The van der Waals surface area contributed by atoms with Crippen LogP contribution in [-0.2, 0) is 17.8 Å². The lowest BCUT2D eigenvalue weighted by atomic mass is 9.83. The van der Waals surface area contributed by atoms with Gasteiger partial charge < -0.3 is 15.0 Å². The molecule has 1 amide bonds. The maximum Gasteiger partial charge on any atom is 0.226 e. The molecule has 5 nitrogen and oxygen atoms in total. The van der Waals surface area contributed by atoms with Crippen molar-refractivity contribution in [2.75, 3.05) is 31.6 Å². The monoisotopic (exact) mass is 473 g/mol. The van der Waals surface area contributed by atoms with Crippen LogP contribution >= 0.6 is 0 Å². The number of halogens is 1. The van der Waals surface area contributed by atoms with Gasteiger partial charge in [0.15, 0.2) is 0 Å². The van der Waals surface area contributed by atoms with Gasteiger partial charge in [0.1, 0.15) is 11.6 Å². The molecular weight excluding hydrogens is 441 g/mol. The van der Waals surface area contributed by atoms with Gasteiger partial charge in [-0.2, -0.15) is 0 Å². The molecule has 0 unspecified atom stereocenters. The number of nitrogens with zero attached hydrogens (tertiary/aromatic N) is 2. The Morgan fingerprint density at radius 2 is 1.86 bits per heavy atom. The predicted molar refractivity (Wildman–Crippen MR) is 136 cm³/mol. The summed E-state index contributed by atoms with van der Waals surface area (Å²) in [6.45, 7) is 5.24. The van der Waals surface area contributed by atoms with Crippen molar-refractivity contribution in [2.45, 2.75) is 32.0 Å². The second-order valence-electron chi connectivity index (χ2n) is 9.57. The van der Waals surface area contributed by atoms with E-state index in [2.05, 4.69) is 27.2 Å². The quantitative estimate of drug-likeness (QED) is 0.570. The molecule has 6 heteroatoms. The Hall–Kier alpha value is -3.38. The Morgan fingerprint density at radius 1 is 1.09 bits per heavy atom. The Morgan fingerprint density at radius 3 is 2.60 bits per heavy atom. The van der Waals surface area contributed by atoms with Crippen LogP contribution in [0.4, 0.5) is 10.1 Å². The number of hydrogen-bond donors (Lipinski definition) is 1. The highest BCUT2D eigenvalue weighted by Gasteiger charge is 2.42. The third-order valence-electron chi connectivity index (χ3n) is 7.32. The number of fused-ring (bicyclic) bond motifs is 3. The maximum absolute atomic E-state index is 13.6. The van der Waals surface area contributed by atoms with Crippen molar-refractivity contribution in [3.63, 3.8) is 0 Å². The molecule has 2 heterocycles. The fourth-order valence-electron chi connectivity index (χ4n) is 5.40. The number of anilines is 1. The van der Waals surface area contributed by atoms with Crippen molar-refractivity contribution >= 4 is 11.6 Å². The number of amides is 1. The van der Waals surface area contributed by atoms with Crippen LogP contribution in [0.1, 0.15) is 29.7 Å². The van der Waals surface area contributed by atoms with E-state index in [1.807, 2.05) is 55.5 Å². The van der Waals surface area contributed by atoms with E-state index >= 15 is 0 Å². The van der Waals surface area contributed by atoms with Gasteiger partial charge in [-0.05, 0) is 48.2 Å². The number of carbonyl (C=O) groups is 1. The maximum atomic E-state index is 13.6. The molecule has 0 aromatic heterocycles. The molecule has 1 saturated heterocycles. The fourth-order valence-corrected chi connectivity index (χ4v) is 5.40. The molecule has 1 N–H and O–H groups in total. The molecule has 182 valence electrons. The van der Waals surface area contributed by atoms with Gasteiger partial charge >= 0.3 is 0 Å². The Labute approximate surface area is 206 Å². The van der Waals surface area contributed by atoms with Gasteiger partial charge in [-0.25, -0.2) is 4.39 Å². The molecule has 0 bridgehead atoms. The largest absolute Gasteiger partial charge is 0.497 e. The molecule has 1 fully saturated rings. The molecule has 0 radical (unpaired) electrons. The molecule has 2 aliphatic rings. The molecule has 5 rings (SSSR count). The van der Waals surface area contributed by atoms with Crippen molar-refractivity contribution in [1.29, 1.82) is 0 Å². The van der Waals surface area contributed by atoms with E-state index in [0.29, 0.717) is 6.42 Å².